The predicted molar refractivity (Wildman–Crippen MR) is 257 cm³/mol. The van der Waals surface area contributed by atoms with Gasteiger partial charge in [-0.1, -0.05) is 92.0 Å². The average molecular weight is 993 g/mol. The molecule has 1 amide bonds. The molecular formula is C51H80N2O17. The molecule has 2 saturated heterocycles. The lowest BCUT2D eigenvalue weighted by Crippen LogP contribution is -2.60. The fourth-order valence-electron chi connectivity index (χ4n) is 9.10. The standard InChI is InChI=1S/C51H80N2O17/c1-31-16-13-11-9-7-5-3-4-6-8-10-12-14-19-38(69-50-48(64)47(52)43(62)30-67-50)27-44-46(49(65)53-33-17-15-18-34(54)23-33)42(61)29-51(66,70-44)28-37(57)25-41(60)39(58)21-20-35(55)24-36(56)26-45(63)68-32(2)22-40(31)59/h3-14,16,19,31-44,46-48,50,54-62,64,66H,15,17-18,20-30,52H2,1-2H3,(H,53,65)/b4-3+,7-5+,8-6+,11-9+,12-10+,16-13+,19-14+/t31-,32-,33?,34-,35+,36?,37?,38?,39+,40-,41+,42-,43+,44-,46+,47-,48-,50-,51?/m0/s1. The summed E-state index contributed by atoms with van der Waals surface area (Å²) in [5.41, 5.74) is 6.03. The van der Waals surface area contributed by atoms with Gasteiger partial charge in [-0.2, -0.15) is 0 Å². The molecule has 14 N–H and O–H groups in total. The van der Waals surface area contributed by atoms with Gasteiger partial charge >= 0.3 is 5.97 Å². The SMILES string of the molecule is C[C@H]1C[C@H](O)[C@@H](C)/C=C/C=C/C=C/C=C/C=C/C=C/C=C/C(O[C@@H]2OC[C@@H](O)[C@H](N)[C@@H]2O)C[C@@H]2OC(O)(CC(O)C[C@@H](O)[C@H](O)CC[C@@H](O)CC(O)CC(=O)O1)C[C@H](O)[C@H]2C(=O)NC1CCC[C@H](O)C1. The van der Waals surface area contributed by atoms with E-state index in [0.29, 0.717) is 25.7 Å². The van der Waals surface area contributed by atoms with Crippen LogP contribution in [-0.2, 0) is 28.5 Å². The lowest BCUT2D eigenvalue weighted by molar-refractivity contribution is -0.304. The smallest absolute Gasteiger partial charge is 0.308 e. The molecule has 0 aromatic heterocycles. The Balaban J connectivity index is 1.58. The predicted octanol–water partition coefficient (Wildman–Crippen LogP) is 0.412. The number of cyclic esters (lactones) is 1. The van der Waals surface area contributed by atoms with Crippen LogP contribution in [0.25, 0.3) is 0 Å². The van der Waals surface area contributed by atoms with Gasteiger partial charge in [-0.25, -0.2) is 0 Å². The number of allylic oxidation sites excluding steroid dienone is 12. The zero-order chi connectivity index (χ0) is 51.4. The van der Waals surface area contributed by atoms with E-state index in [1.807, 2.05) is 37.3 Å². The summed E-state index contributed by atoms with van der Waals surface area (Å²) in [7, 11) is 0. The number of ether oxygens (including phenoxy) is 4. The highest BCUT2D eigenvalue weighted by molar-refractivity contribution is 5.80. The summed E-state index contributed by atoms with van der Waals surface area (Å²) in [4.78, 5) is 26.6. The lowest BCUT2D eigenvalue weighted by atomic mass is 9.81. The molecular weight excluding hydrogens is 913 g/mol. The van der Waals surface area contributed by atoms with Gasteiger partial charge in [0.2, 0.25) is 5.91 Å². The molecule has 70 heavy (non-hydrogen) atoms. The minimum atomic E-state index is -2.28. The Kier molecular flexibility index (Phi) is 25.2. The maximum atomic E-state index is 14.0. The number of carbonyl (C=O) groups excluding carboxylic acids is 2. The van der Waals surface area contributed by atoms with E-state index in [9.17, 15) is 65.8 Å². The molecule has 4 rings (SSSR count). The van der Waals surface area contributed by atoms with Gasteiger partial charge in [-0.15, -0.1) is 0 Å². The summed E-state index contributed by atoms with van der Waals surface area (Å²) < 4.78 is 23.4. The van der Waals surface area contributed by atoms with Crippen molar-refractivity contribution < 1.29 is 84.7 Å². The maximum absolute atomic E-state index is 14.0. The first-order valence-electron chi connectivity index (χ1n) is 24.6. The fourth-order valence-corrected chi connectivity index (χ4v) is 9.10. The van der Waals surface area contributed by atoms with Crippen molar-refractivity contribution in [3.63, 3.8) is 0 Å². The number of rotatable bonds is 4. The molecule has 19 heteroatoms. The van der Waals surface area contributed by atoms with Gasteiger partial charge in [0.15, 0.2) is 12.1 Å². The van der Waals surface area contributed by atoms with Gasteiger partial charge in [0.1, 0.15) is 12.2 Å². The summed E-state index contributed by atoms with van der Waals surface area (Å²) in [5.74, 6) is -5.18. The number of hydrogen-bond donors (Lipinski definition) is 13. The fraction of sp³-hybridized carbons (Fsp3) is 0.686. The van der Waals surface area contributed by atoms with Crippen LogP contribution in [0.4, 0.5) is 0 Å². The van der Waals surface area contributed by atoms with Crippen molar-refractivity contribution in [1.29, 1.82) is 0 Å². The molecule has 396 valence electrons. The molecule has 0 radical (unpaired) electrons. The quantitative estimate of drug-likeness (QED) is 0.170. The summed E-state index contributed by atoms with van der Waals surface area (Å²) in [6.07, 6.45) is 7.16. The number of amides is 1. The number of fused-ring (bicyclic) bond motifs is 2. The zero-order valence-corrected chi connectivity index (χ0v) is 40.3. The molecule has 19 atom stereocenters. The van der Waals surface area contributed by atoms with Crippen LogP contribution in [0.1, 0.15) is 97.3 Å². The van der Waals surface area contributed by atoms with Gasteiger partial charge in [-0.3, -0.25) is 9.59 Å². The molecule has 0 aromatic rings. The highest BCUT2D eigenvalue weighted by atomic mass is 16.7. The molecule has 3 heterocycles. The molecule has 19 nitrogen and oxygen atoms in total. The second-order valence-corrected chi connectivity index (χ2v) is 19.4. The van der Waals surface area contributed by atoms with Gasteiger partial charge in [-0.05, 0) is 51.9 Å². The van der Waals surface area contributed by atoms with Crippen LogP contribution in [0.15, 0.2) is 85.1 Å². The lowest BCUT2D eigenvalue weighted by Gasteiger charge is -2.46. The van der Waals surface area contributed by atoms with Crippen LogP contribution >= 0.6 is 0 Å². The van der Waals surface area contributed by atoms with E-state index in [-0.39, 0.29) is 44.6 Å². The summed E-state index contributed by atoms with van der Waals surface area (Å²) in [6.45, 7) is 3.20. The number of hydrogen-bond acceptors (Lipinski definition) is 18. The van der Waals surface area contributed by atoms with Crippen LogP contribution in [0, 0.1) is 11.8 Å². The van der Waals surface area contributed by atoms with E-state index >= 15 is 0 Å². The van der Waals surface area contributed by atoms with Crippen LogP contribution in [0.3, 0.4) is 0 Å². The van der Waals surface area contributed by atoms with Crippen LogP contribution < -0.4 is 11.1 Å². The highest BCUT2D eigenvalue weighted by Crippen LogP contribution is 2.38. The number of aliphatic hydroxyl groups excluding tert-OH is 10. The third-order valence-corrected chi connectivity index (χ3v) is 13.1. The van der Waals surface area contributed by atoms with Crippen molar-refractivity contribution in [1.82, 2.24) is 5.32 Å². The van der Waals surface area contributed by atoms with E-state index in [1.54, 1.807) is 61.6 Å². The third-order valence-electron chi connectivity index (χ3n) is 13.1. The Hall–Kier alpha value is -3.48. The molecule has 3 fully saturated rings. The molecule has 5 unspecified atom stereocenters. The maximum Gasteiger partial charge on any atom is 0.308 e. The van der Waals surface area contributed by atoms with E-state index in [4.69, 9.17) is 24.7 Å². The number of nitrogens with two attached hydrogens (primary N) is 1. The number of nitrogens with one attached hydrogen (secondary N) is 1. The minimum Gasteiger partial charge on any atom is -0.462 e. The van der Waals surface area contributed by atoms with E-state index in [0.717, 1.165) is 0 Å². The topological polar surface area (TPSA) is 332 Å². The Bertz CT molecular complexity index is 1790. The van der Waals surface area contributed by atoms with E-state index in [1.165, 1.54) is 0 Å². The number of esters is 1. The molecule has 0 aromatic carbocycles. The Morgan fingerprint density at radius 3 is 1.91 bits per heavy atom. The van der Waals surface area contributed by atoms with Gasteiger partial charge in [0.05, 0.1) is 92.1 Å². The summed E-state index contributed by atoms with van der Waals surface area (Å²) in [6, 6.07) is -1.52. The molecule has 1 saturated carbocycles. The molecule has 1 aliphatic carbocycles. The van der Waals surface area contributed by atoms with Crippen molar-refractivity contribution in [3.05, 3.63) is 85.1 Å². The van der Waals surface area contributed by atoms with Crippen LogP contribution in [0.5, 0.6) is 0 Å². The van der Waals surface area contributed by atoms with E-state index in [2.05, 4.69) is 5.32 Å². The molecule has 4 aliphatic rings. The summed E-state index contributed by atoms with van der Waals surface area (Å²) >= 11 is 0. The van der Waals surface area contributed by atoms with Crippen molar-refractivity contribution in [2.45, 2.75) is 201 Å². The van der Waals surface area contributed by atoms with Crippen molar-refractivity contribution >= 4 is 11.9 Å². The Morgan fingerprint density at radius 2 is 1.27 bits per heavy atom. The Morgan fingerprint density at radius 1 is 0.657 bits per heavy atom. The number of carbonyl (C=O) groups is 2. The first-order chi connectivity index (χ1) is 33.2. The molecule has 3 aliphatic heterocycles. The minimum absolute atomic E-state index is 0.0965. The monoisotopic (exact) mass is 993 g/mol. The van der Waals surface area contributed by atoms with Crippen LogP contribution in [0.2, 0.25) is 0 Å². The van der Waals surface area contributed by atoms with Crippen molar-refractivity contribution in [2.24, 2.45) is 17.6 Å². The zero-order valence-electron chi connectivity index (χ0n) is 40.3. The largest absolute Gasteiger partial charge is 0.462 e. The third kappa shape index (κ3) is 20.6. The van der Waals surface area contributed by atoms with Crippen molar-refractivity contribution in [2.75, 3.05) is 6.61 Å². The second kappa shape index (κ2) is 29.9. The molecule has 2 bridgehead atoms. The Labute approximate surface area is 411 Å². The van der Waals surface area contributed by atoms with Gasteiger partial charge in [0, 0.05) is 44.1 Å². The summed E-state index contributed by atoms with van der Waals surface area (Å²) in [5, 5.41) is 122. The average Bonchev–Trinajstić information content (AvgIpc) is 3.27. The van der Waals surface area contributed by atoms with Gasteiger partial charge < -0.3 is 86.2 Å². The molecule has 0 spiro atoms. The normalized spacial score (nSPS) is 44.3. The second-order valence-electron chi connectivity index (χ2n) is 19.4. The number of aliphatic hydroxyl groups is 11. The van der Waals surface area contributed by atoms with Crippen LogP contribution in [-0.4, -0.2) is 178 Å². The van der Waals surface area contributed by atoms with Gasteiger partial charge in [0.25, 0.3) is 0 Å². The van der Waals surface area contributed by atoms with Crippen molar-refractivity contribution in [3.8, 4) is 0 Å². The first-order valence-corrected chi connectivity index (χ1v) is 24.6. The first kappa shape index (κ1) is 59.1. The highest BCUT2D eigenvalue weighted by Gasteiger charge is 2.51. The van der Waals surface area contributed by atoms with E-state index < -0.39 is 147 Å².